The van der Waals surface area contributed by atoms with E-state index < -0.39 is 28.0 Å². The van der Waals surface area contributed by atoms with Gasteiger partial charge in [-0.3, -0.25) is 19.7 Å². The molecule has 0 aromatic carbocycles. The Bertz CT molecular complexity index is 1280. The van der Waals surface area contributed by atoms with Gasteiger partial charge >= 0.3 is 0 Å². The van der Waals surface area contributed by atoms with Gasteiger partial charge in [-0.25, -0.2) is 18.1 Å². The number of thiazole rings is 1. The fourth-order valence-electron chi connectivity index (χ4n) is 3.95. The van der Waals surface area contributed by atoms with E-state index in [1.807, 2.05) is 19.2 Å². The van der Waals surface area contributed by atoms with Gasteiger partial charge in [0, 0.05) is 28.8 Å². The molecule has 0 spiro atoms. The van der Waals surface area contributed by atoms with Crippen LogP contribution in [0.15, 0.2) is 22.9 Å². The van der Waals surface area contributed by atoms with Gasteiger partial charge in [0.1, 0.15) is 5.54 Å². The molecule has 2 aromatic heterocycles. The van der Waals surface area contributed by atoms with Gasteiger partial charge < -0.3 is 9.80 Å². The van der Waals surface area contributed by atoms with Crippen LogP contribution in [-0.4, -0.2) is 72.6 Å². The summed E-state index contributed by atoms with van der Waals surface area (Å²) in [6.07, 6.45) is 3.10. The molecule has 1 fully saturated rings. The molecular formula is C23H30ClN5O5S3. The zero-order valence-electron chi connectivity index (χ0n) is 20.8. The van der Waals surface area contributed by atoms with E-state index in [-0.39, 0.29) is 24.9 Å². The molecule has 1 aliphatic heterocycles. The zero-order chi connectivity index (χ0) is 27.2. The summed E-state index contributed by atoms with van der Waals surface area (Å²) in [5.41, 5.74) is -0.283. The number of hydrogen-bond donors (Lipinski definition) is 2. The summed E-state index contributed by atoms with van der Waals surface area (Å²) in [7, 11) is -3.88. The Balaban J connectivity index is 1.61. The molecule has 0 bridgehead atoms. The molecule has 3 amide bonds. The molecule has 202 valence electrons. The van der Waals surface area contributed by atoms with Gasteiger partial charge in [-0.2, -0.15) is 0 Å². The number of sulfonamides is 1. The third kappa shape index (κ3) is 7.84. The highest BCUT2D eigenvalue weighted by atomic mass is 35.5. The number of carbonyl (C=O) groups is 3. The molecule has 0 saturated carbocycles. The van der Waals surface area contributed by atoms with Gasteiger partial charge in [-0.1, -0.05) is 18.5 Å². The molecular weight excluding hydrogens is 558 g/mol. The number of aryl methyl sites for hydroxylation is 1. The van der Waals surface area contributed by atoms with Crippen LogP contribution in [0.3, 0.4) is 0 Å². The number of nitrogens with one attached hydrogen (secondary N) is 2. The van der Waals surface area contributed by atoms with Crippen LogP contribution in [-0.2, 0) is 24.4 Å². The number of anilines is 1. The first-order valence-electron chi connectivity index (χ1n) is 11.7. The molecule has 3 rings (SSSR count). The minimum absolute atomic E-state index is 0.253. The zero-order valence-corrected chi connectivity index (χ0v) is 24.0. The lowest BCUT2D eigenvalue weighted by Crippen LogP contribution is -2.56. The van der Waals surface area contributed by atoms with Gasteiger partial charge in [-0.05, 0) is 51.3 Å². The fraction of sp³-hybridized carbons (Fsp3) is 0.478. The molecule has 10 nitrogen and oxygen atoms in total. The number of hydrogen-bond acceptors (Lipinski definition) is 8. The van der Waals surface area contributed by atoms with Crippen molar-refractivity contribution in [3.8, 4) is 0 Å². The largest absolute Gasteiger partial charge is 0.332 e. The highest BCUT2D eigenvalue weighted by Crippen LogP contribution is 2.31. The first kappa shape index (κ1) is 29.2. The second-order valence-electron chi connectivity index (χ2n) is 8.80. The van der Waals surface area contributed by atoms with Crippen LogP contribution < -0.4 is 10.0 Å². The third-order valence-corrected chi connectivity index (χ3v) is 8.99. The van der Waals surface area contributed by atoms with E-state index >= 15 is 0 Å². The summed E-state index contributed by atoms with van der Waals surface area (Å²) in [5.74, 6) is -1.23. The van der Waals surface area contributed by atoms with Gasteiger partial charge in [0.2, 0.25) is 21.8 Å². The highest BCUT2D eigenvalue weighted by Gasteiger charge is 2.46. The van der Waals surface area contributed by atoms with Gasteiger partial charge in [0.05, 0.1) is 23.1 Å². The predicted octanol–water partition coefficient (Wildman–Crippen LogP) is 3.31. The van der Waals surface area contributed by atoms with Gasteiger partial charge in [0.25, 0.3) is 5.91 Å². The minimum atomic E-state index is -3.88. The molecule has 2 aromatic rings. The normalized spacial score (nSPS) is 17.9. The van der Waals surface area contributed by atoms with E-state index in [0.717, 1.165) is 11.1 Å². The Morgan fingerprint density at radius 2 is 2.08 bits per heavy atom. The molecule has 37 heavy (non-hydrogen) atoms. The lowest BCUT2D eigenvalue weighted by atomic mass is 9.97. The average molecular weight is 588 g/mol. The Kier molecular flexibility index (Phi) is 9.86. The van der Waals surface area contributed by atoms with Crippen molar-refractivity contribution in [1.29, 1.82) is 0 Å². The number of likely N-dealkylation sites (tertiary alicyclic amines) is 1. The van der Waals surface area contributed by atoms with Gasteiger partial charge in [-0.15, -0.1) is 22.7 Å². The summed E-state index contributed by atoms with van der Waals surface area (Å²) >= 11 is 8.39. The quantitative estimate of drug-likeness (QED) is 0.415. The van der Waals surface area contributed by atoms with Crippen molar-refractivity contribution in [2.45, 2.75) is 45.6 Å². The Morgan fingerprint density at radius 1 is 1.32 bits per heavy atom. The monoisotopic (exact) mass is 587 g/mol. The van der Waals surface area contributed by atoms with Crippen LogP contribution in [0.5, 0.6) is 0 Å². The summed E-state index contributed by atoms with van der Waals surface area (Å²) in [6.45, 7) is 5.30. The second-order valence-corrected chi connectivity index (χ2v) is 13.1. The van der Waals surface area contributed by atoms with E-state index in [1.165, 1.54) is 38.5 Å². The fourth-order valence-corrected chi connectivity index (χ4v) is 6.43. The number of rotatable bonds is 11. The molecule has 14 heteroatoms. The number of halogens is 1. The maximum absolute atomic E-state index is 13.3. The lowest BCUT2D eigenvalue weighted by Gasteiger charge is -2.35. The van der Waals surface area contributed by atoms with E-state index in [2.05, 4.69) is 15.0 Å². The van der Waals surface area contributed by atoms with Crippen LogP contribution in [0, 0.1) is 6.92 Å². The summed E-state index contributed by atoms with van der Waals surface area (Å²) in [6, 6.07) is 3.34. The van der Waals surface area contributed by atoms with Crippen molar-refractivity contribution in [3.63, 3.8) is 0 Å². The molecule has 1 atom stereocenters. The third-order valence-electron chi connectivity index (χ3n) is 5.87. The maximum atomic E-state index is 13.3. The smallest absolute Gasteiger partial charge is 0.251 e. The molecule has 3 heterocycles. The molecule has 1 aliphatic rings. The molecule has 0 unspecified atom stereocenters. The molecule has 0 aliphatic carbocycles. The first-order chi connectivity index (χ1) is 17.4. The van der Waals surface area contributed by atoms with Crippen LogP contribution in [0.2, 0.25) is 4.34 Å². The standard InChI is InChI=1S/C23H30ClN5O5S3/c1-4-10-28(19(30)13-25-37(33,34)12-8-17-6-7-18(24)36-17)14-20(31)29-11-5-9-23(29,3)21(32)27-22-26-16(2)15-35-22/h6-8,12,15,25H,4-5,9-11,13-14H2,1-3H3,(H,26,27,32)/b12-8+/t23-/m1/s1. The van der Waals surface area contributed by atoms with Crippen LogP contribution in [0.4, 0.5) is 5.13 Å². The lowest BCUT2D eigenvalue weighted by molar-refractivity contribution is -0.145. The van der Waals surface area contributed by atoms with E-state index in [1.54, 1.807) is 19.1 Å². The Hall–Kier alpha value is -2.32. The minimum Gasteiger partial charge on any atom is -0.332 e. The van der Waals surface area contributed by atoms with E-state index in [4.69, 9.17) is 11.6 Å². The van der Waals surface area contributed by atoms with Crippen LogP contribution >= 0.6 is 34.3 Å². The van der Waals surface area contributed by atoms with Crippen molar-refractivity contribution in [2.75, 3.05) is 31.5 Å². The number of nitrogens with zero attached hydrogens (tertiary/aromatic N) is 3. The number of carbonyl (C=O) groups excluding carboxylic acids is 3. The van der Waals surface area contributed by atoms with Gasteiger partial charge in [0.15, 0.2) is 5.13 Å². The number of amides is 3. The average Bonchev–Trinajstić information content (AvgIpc) is 3.56. The van der Waals surface area contributed by atoms with Crippen molar-refractivity contribution in [1.82, 2.24) is 19.5 Å². The van der Waals surface area contributed by atoms with Crippen molar-refractivity contribution >= 4 is 73.2 Å². The number of aromatic nitrogens is 1. The molecule has 2 N–H and O–H groups in total. The summed E-state index contributed by atoms with van der Waals surface area (Å²) in [5, 5.41) is 6.06. The maximum Gasteiger partial charge on any atom is 0.251 e. The predicted molar refractivity (Wildman–Crippen MR) is 147 cm³/mol. The summed E-state index contributed by atoms with van der Waals surface area (Å²) in [4.78, 5) is 46.9. The highest BCUT2D eigenvalue weighted by molar-refractivity contribution is 7.92. The SMILES string of the molecule is CCCN(CC(=O)N1CCC[C@]1(C)C(=O)Nc1nc(C)cs1)C(=O)CNS(=O)(=O)/C=C/c1ccc(Cl)s1. The van der Waals surface area contributed by atoms with Crippen molar-refractivity contribution in [2.24, 2.45) is 0 Å². The summed E-state index contributed by atoms with van der Waals surface area (Å²) < 4.78 is 27.4. The number of thiophene rings is 1. The Labute approximate surface area is 229 Å². The van der Waals surface area contributed by atoms with Crippen molar-refractivity contribution in [3.05, 3.63) is 37.8 Å². The van der Waals surface area contributed by atoms with Crippen molar-refractivity contribution < 1.29 is 22.8 Å². The first-order valence-corrected chi connectivity index (χ1v) is 15.3. The second kappa shape index (κ2) is 12.5. The Morgan fingerprint density at radius 3 is 2.70 bits per heavy atom. The topological polar surface area (TPSA) is 129 Å². The molecule has 1 saturated heterocycles. The van der Waals surface area contributed by atoms with E-state index in [9.17, 15) is 22.8 Å². The van der Waals surface area contributed by atoms with Crippen LogP contribution in [0.25, 0.3) is 6.08 Å². The van der Waals surface area contributed by atoms with Crippen LogP contribution in [0.1, 0.15) is 43.7 Å². The van der Waals surface area contributed by atoms with E-state index in [0.29, 0.717) is 40.2 Å². The molecule has 0 radical (unpaired) electrons.